The molecule has 3 saturated carbocycles. The van der Waals surface area contributed by atoms with Gasteiger partial charge in [-0.05, 0) is 68.2 Å². The van der Waals surface area contributed by atoms with Crippen molar-refractivity contribution in [2.24, 2.45) is 35.6 Å². The second-order valence-electron chi connectivity index (χ2n) is 13.3. The first-order chi connectivity index (χ1) is 19.6. The molecule has 1 aromatic carbocycles. The van der Waals surface area contributed by atoms with E-state index in [2.05, 4.69) is 20.8 Å². The molecule has 1 aromatic heterocycles. The molecule has 1 N–H and O–H groups in total. The van der Waals surface area contributed by atoms with Crippen LogP contribution in [0.4, 0.5) is 0 Å². The van der Waals surface area contributed by atoms with E-state index < -0.39 is 23.4 Å². The van der Waals surface area contributed by atoms with Crippen LogP contribution < -0.4 is 0 Å². The Bertz CT molecular complexity index is 1480. The highest BCUT2D eigenvalue weighted by molar-refractivity contribution is 7.99. The van der Waals surface area contributed by atoms with E-state index in [0.29, 0.717) is 6.42 Å². The maximum atomic E-state index is 14.6. The molecule has 0 spiro atoms. The molecule has 4 aliphatic carbocycles. The number of ketones is 2. The molecule has 0 radical (unpaired) electrons. The minimum Gasteiger partial charge on any atom is -0.393 e. The van der Waals surface area contributed by atoms with E-state index in [4.69, 9.17) is 14.5 Å². The first kappa shape index (κ1) is 27.6. The predicted molar refractivity (Wildman–Crippen MR) is 157 cm³/mol. The number of hydrogen-bond acceptors (Lipinski definition) is 7. The van der Waals surface area contributed by atoms with E-state index >= 15 is 0 Å². The number of allylic oxidation sites excluding steroid dienone is 4. The Morgan fingerprint density at radius 2 is 2.07 bits per heavy atom. The summed E-state index contributed by atoms with van der Waals surface area (Å²) in [5.41, 5.74) is 1.07. The predicted octanol–water partition coefficient (Wildman–Crippen LogP) is 5.40. The van der Waals surface area contributed by atoms with Crippen molar-refractivity contribution in [3.63, 3.8) is 0 Å². The van der Waals surface area contributed by atoms with Gasteiger partial charge in [0.2, 0.25) is 0 Å². The number of hydrogen-bond donors (Lipinski definition) is 1. The fraction of sp³-hybridized carbons (Fsp3) is 0.606. The number of aryl methyl sites for hydroxylation is 1. The highest BCUT2D eigenvalue weighted by Gasteiger charge is 2.75. The van der Waals surface area contributed by atoms with E-state index in [0.717, 1.165) is 53.9 Å². The van der Waals surface area contributed by atoms with Gasteiger partial charge in [-0.2, -0.15) is 0 Å². The molecule has 0 amide bonds. The smallest absolute Gasteiger partial charge is 0.178 e. The van der Waals surface area contributed by atoms with Crippen LogP contribution in [0, 0.1) is 28.6 Å². The van der Waals surface area contributed by atoms with Gasteiger partial charge < -0.3 is 19.1 Å². The Hall–Kier alpha value is -2.26. The van der Waals surface area contributed by atoms with Crippen molar-refractivity contribution < 1.29 is 24.2 Å². The number of aliphatic hydroxyl groups excluding tert-OH is 1. The van der Waals surface area contributed by atoms with Gasteiger partial charge in [0.1, 0.15) is 0 Å². The number of thioether (sulfide) groups is 1. The zero-order chi connectivity index (χ0) is 28.7. The Kier molecular flexibility index (Phi) is 6.47. The Balaban J connectivity index is 1.23. The van der Waals surface area contributed by atoms with E-state index in [-0.39, 0.29) is 46.6 Å². The average Bonchev–Trinajstić information content (AvgIpc) is 3.55. The zero-order valence-corrected chi connectivity index (χ0v) is 25.2. The second-order valence-corrected chi connectivity index (χ2v) is 14.2. The van der Waals surface area contributed by atoms with Gasteiger partial charge in [-0.1, -0.05) is 62.7 Å². The first-order valence-electron chi connectivity index (χ1n) is 15.2. The summed E-state index contributed by atoms with van der Waals surface area (Å²) in [6.07, 6.45) is 8.73. The number of aliphatic hydroxyl groups is 1. The number of ether oxygens (including phenoxy) is 2. The van der Waals surface area contributed by atoms with Crippen LogP contribution in [0.15, 0.2) is 53.2 Å². The summed E-state index contributed by atoms with van der Waals surface area (Å²) in [5.74, 6) is 0.697. The molecule has 218 valence electrons. The molecule has 1 aliphatic heterocycles. The molecule has 0 bridgehead atoms. The van der Waals surface area contributed by atoms with Crippen molar-refractivity contribution in [1.29, 1.82) is 0 Å². The van der Waals surface area contributed by atoms with Crippen LogP contribution >= 0.6 is 11.8 Å². The summed E-state index contributed by atoms with van der Waals surface area (Å²) in [7, 11) is 1.99. The van der Waals surface area contributed by atoms with Gasteiger partial charge >= 0.3 is 0 Å². The molecule has 7 nitrogen and oxygen atoms in total. The highest BCUT2D eigenvalue weighted by Crippen LogP contribution is 2.69. The summed E-state index contributed by atoms with van der Waals surface area (Å²) in [5, 5.41) is 12.7. The van der Waals surface area contributed by atoms with E-state index in [1.54, 1.807) is 12.2 Å². The topological polar surface area (TPSA) is 90.7 Å². The molecule has 8 heteroatoms. The average molecular weight is 577 g/mol. The number of imidazole rings is 1. The number of aromatic nitrogens is 2. The van der Waals surface area contributed by atoms with Crippen molar-refractivity contribution in [3.05, 3.63) is 48.1 Å². The molecule has 7 unspecified atom stereocenters. The second kappa shape index (κ2) is 9.63. The zero-order valence-electron chi connectivity index (χ0n) is 24.3. The van der Waals surface area contributed by atoms with Gasteiger partial charge in [0.25, 0.3) is 0 Å². The van der Waals surface area contributed by atoms with Crippen molar-refractivity contribution >= 4 is 34.4 Å². The monoisotopic (exact) mass is 576 g/mol. The number of fused-ring (bicyclic) bond motifs is 8. The maximum Gasteiger partial charge on any atom is 0.178 e. The SMILES string of the molecule is CCCC1O[C@@H]2CC3C4CCC5=CC(=O)C=CC5(C)C4C(O)CC3(C)[C@]2(C(=O)CSc2nc3ccccc3n2C)O1. The Morgan fingerprint density at radius 1 is 1.27 bits per heavy atom. The largest absolute Gasteiger partial charge is 0.393 e. The van der Waals surface area contributed by atoms with Crippen molar-refractivity contribution in [2.45, 2.75) is 88.6 Å². The van der Waals surface area contributed by atoms with Crippen LogP contribution in [0.2, 0.25) is 0 Å². The fourth-order valence-corrected chi connectivity index (χ4v) is 10.4. The first-order valence-corrected chi connectivity index (χ1v) is 16.1. The van der Waals surface area contributed by atoms with Gasteiger partial charge in [0.15, 0.2) is 28.6 Å². The minimum absolute atomic E-state index is 0.00304. The van der Waals surface area contributed by atoms with Crippen LogP contribution in [0.5, 0.6) is 0 Å². The molecule has 5 aliphatic rings. The number of nitrogens with zero attached hydrogens (tertiary/aromatic N) is 2. The molecule has 9 atom stereocenters. The van der Waals surface area contributed by atoms with Gasteiger partial charge in [0.05, 0.1) is 29.0 Å². The number of carbonyl (C=O) groups is 2. The fourth-order valence-electron chi connectivity index (χ4n) is 9.50. The molecule has 2 aromatic rings. The molecule has 1 saturated heterocycles. The van der Waals surface area contributed by atoms with Gasteiger partial charge in [-0.3, -0.25) is 9.59 Å². The quantitative estimate of drug-likeness (QED) is 0.460. The number of rotatable bonds is 6. The summed E-state index contributed by atoms with van der Waals surface area (Å²) in [6, 6.07) is 8.00. The summed E-state index contributed by atoms with van der Waals surface area (Å²) < 4.78 is 15.4. The molecule has 41 heavy (non-hydrogen) atoms. The lowest BCUT2D eigenvalue weighted by Crippen LogP contribution is -2.63. The minimum atomic E-state index is -1.10. The molecule has 7 rings (SSSR count). The third kappa shape index (κ3) is 3.79. The van der Waals surface area contributed by atoms with Crippen LogP contribution in [0.3, 0.4) is 0 Å². The van der Waals surface area contributed by atoms with Gasteiger partial charge in [0, 0.05) is 23.8 Å². The number of para-hydroxylation sites is 2. The van der Waals surface area contributed by atoms with Crippen LogP contribution in [-0.4, -0.2) is 56.1 Å². The highest BCUT2D eigenvalue weighted by atomic mass is 32.2. The lowest BCUT2D eigenvalue weighted by Gasteiger charge is -2.59. The lowest BCUT2D eigenvalue weighted by atomic mass is 9.46. The number of Topliss-reactive ketones (excluding diaryl/α,β-unsaturated/α-hetero) is 1. The third-order valence-electron chi connectivity index (χ3n) is 11.3. The normalized spacial score (nSPS) is 41.1. The Labute approximate surface area is 245 Å². The van der Waals surface area contributed by atoms with E-state index in [9.17, 15) is 14.7 Å². The van der Waals surface area contributed by atoms with Crippen molar-refractivity contribution in [3.8, 4) is 0 Å². The van der Waals surface area contributed by atoms with Gasteiger partial charge in [-0.25, -0.2) is 4.98 Å². The lowest BCUT2D eigenvalue weighted by molar-refractivity contribution is -0.197. The van der Waals surface area contributed by atoms with E-state index in [1.807, 2.05) is 42.0 Å². The van der Waals surface area contributed by atoms with E-state index in [1.165, 1.54) is 11.8 Å². The van der Waals surface area contributed by atoms with Crippen molar-refractivity contribution in [2.75, 3.05) is 5.75 Å². The summed E-state index contributed by atoms with van der Waals surface area (Å²) in [6.45, 7) is 6.46. The maximum absolute atomic E-state index is 14.6. The Morgan fingerprint density at radius 3 is 2.85 bits per heavy atom. The summed E-state index contributed by atoms with van der Waals surface area (Å²) in [4.78, 5) is 31.5. The number of carbonyl (C=O) groups excluding carboxylic acids is 2. The van der Waals surface area contributed by atoms with Crippen molar-refractivity contribution in [1.82, 2.24) is 9.55 Å². The summed E-state index contributed by atoms with van der Waals surface area (Å²) >= 11 is 1.46. The van der Waals surface area contributed by atoms with Crippen LogP contribution in [0.1, 0.15) is 59.3 Å². The standard InChI is InChI=1S/C33H40N2O5S/c1-5-8-28-39-27-16-22-21-12-11-19-15-20(36)13-14-31(19,2)29(21)25(37)17-32(22,3)33(27,40-28)26(38)18-41-30-34-23-9-6-7-10-24(23)35(30)4/h6-7,9-10,13-15,21-22,25,27-29,37H,5,8,11-12,16-18H2,1-4H3/t21?,22?,25?,27-,28?,29?,31?,32?,33-/m1/s1. The van der Waals surface area contributed by atoms with Gasteiger partial charge in [-0.15, -0.1) is 0 Å². The third-order valence-corrected chi connectivity index (χ3v) is 12.3. The number of benzene rings is 1. The molecule has 4 fully saturated rings. The molecule has 2 heterocycles. The van der Waals surface area contributed by atoms with Crippen LogP contribution in [-0.2, 0) is 26.1 Å². The molecular weight excluding hydrogens is 536 g/mol. The molecular formula is C33H40N2O5S. The van der Waals surface area contributed by atoms with Crippen LogP contribution in [0.25, 0.3) is 11.0 Å².